The third kappa shape index (κ3) is 3.07. The van der Waals surface area contributed by atoms with Crippen molar-refractivity contribution in [3.05, 3.63) is 23.9 Å². The van der Waals surface area contributed by atoms with Gasteiger partial charge >= 0.3 is 0 Å². The fourth-order valence-electron chi connectivity index (χ4n) is 3.74. The number of carbonyl (C=O) groups excluding carboxylic acids is 1. The number of amides is 1. The largest absolute Gasteiger partial charge is 0.475 e. The maximum absolute atomic E-state index is 12.4. The first-order valence-corrected chi connectivity index (χ1v) is 8.66. The topological polar surface area (TPSA) is 63.2 Å². The second kappa shape index (κ2) is 5.48. The summed E-state index contributed by atoms with van der Waals surface area (Å²) in [5.74, 6) is 2.80. The van der Waals surface area contributed by atoms with Crippen LogP contribution < -0.4 is 15.4 Å². The zero-order valence-electron chi connectivity index (χ0n) is 13.8. The maximum Gasteiger partial charge on any atom is 0.224 e. The van der Waals surface area contributed by atoms with Crippen molar-refractivity contribution in [3.8, 4) is 5.88 Å². The van der Waals surface area contributed by atoms with E-state index in [0.29, 0.717) is 24.4 Å². The van der Waals surface area contributed by atoms with E-state index in [1.165, 1.54) is 18.4 Å². The van der Waals surface area contributed by atoms with Crippen molar-refractivity contribution in [1.29, 1.82) is 0 Å². The van der Waals surface area contributed by atoms with Crippen LogP contribution in [0.2, 0.25) is 0 Å². The van der Waals surface area contributed by atoms with E-state index in [1.807, 2.05) is 19.9 Å². The molecule has 2 heterocycles. The van der Waals surface area contributed by atoms with Gasteiger partial charge in [-0.3, -0.25) is 4.79 Å². The van der Waals surface area contributed by atoms with Crippen LogP contribution in [-0.2, 0) is 4.79 Å². The second-order valence-electron chi connectivity index (χ2n) is 7.85. The van der Waals surface area contributed by atoms with Gasteiger partial charge in [0.25, 0.3) is 0 Å². The SMILES string of the molecule is CC(C)(COc1ncccc1C1CC1)NC(=O)[C@H]1[C@@H]2CNC[C@@H]21. The standard InChI is InChI=1S/C18H25N3O2/c1-18(2,21-16(22)15-13-8-19-9-14(13)15)10-23-17-12(11-5-6-11)4-3-7-20-17/h3-4,7,11,13-15,19H,5-6,8-10H2,1-2H3,(H,21,22)/t13-,14+,15+. The first-order chi connectivity index (χ1) is 11.1. The van der Waals surface area contributed by atoms with Crippen molar-refractivity contribution in [1.82, 2.24) is 15.6 Å². The van der Waals surface area contributed by atoms with Crippen molar-refractivity contribution >= 4 is 5.91 Å². The number of aromatic nitrogens is 1. The normalized spacial score (nSPS) is 29.0. The van der Waals surface area contributed by atoms with E-state index in [1.54, 1.807) is 6.20 Å². The highest BCUT2D eigenvalue weighted by atomic mass is 16.5. The summed E-state index contributed by atoms with van der Waals surface area (Å²) >= 11 is 0. The first-order valence-electron chi connectivity index (χ1n) is 8.66. The van der Waals surface area contributed by atoms with Crippen LogP contribution in [0.25, 0.3) is 0 Å². The Bertz CT molecular complexity index is 602. The van der Waals surface area contributed by atoms with Crippen LogP contribution >= 0.6 is 0 Å². The molecule has 124 valence electrons. The molecule has 2 N–H and O–H groups in total. The fraction of sp³-hybridized carbons (Fsp3) is 0.667. The van der Waals surface area contributed by atoms with E-state index >= 15 is 0 Å². The van der Waals surface area contributed by atoms with E-state index in [0.717, 1.165) is 19.0 Å². The number of nitrogens with zero attached hydrogens (tertiary/aromatic N) is 1. The van der Waals surface area contributed by atoms with E-state index in [9.17, 15) is 4.79 Å². The van der Waals surface area contributed by atoms with Crippen molar-refractivity contribution in [2.24, 2.45) is 17.8 Å². The Morgan fingerprint density at radius 2 is 2.13 bits per heavy atom. The van der Waals surface area contributed by atoms with Gasteiger partial charge in [-0.1, -0.05) is 6.07 Å². The second-order valence-corrected chi connectivity index (χ2v) is 7.85. The quantitative estimate of drug-likeness (QED) is 0.839. The molecule has 0 unspecified atom stereocenters. The molecule has 5 heteroatoms. The number of carbonyl (C=O) groups is 1. The van der Waals surface area contributed by atoms with Crippen molar-refractivity contribution < 1.29 is 9.53 Å². The Hall–Kier alpha value is -1.62. The van der Waals surface area contributed by atoms with Crippen LogP contribution in [0.4, 0.5) is 0 Å². The Balaban J connectivity index is 1.33. The van der Waals surface area contributed by atoms with Crippen LogP contribution in [0.15, 0.2) is 18.3 Å². The van der Waals surface area contributed by atoms with Gasteiger partial charge in [-0.05, 0) is 63.6 Å². The van der Waals surface area contributed by atoms with Crippen LogP contribution in [0.3, 0.4) is 0 Å². The fourth-order valence-corrected chi connectivity index (χ4v) is 3.74. The molecule has 2 aliphatic carbocycles. The highest BCUT2D eigenvalue weighted by Crippen LogP contribution is 2.48. The summed E-state index contributed by atoms with van der Waals surface area (Å²) in [5, 5.41) is 6.49. The van der Waals surface area contributed by atoms with E-state index < -0.39 is 0 Å². The summed E-state index contributed by atoms with van der Waals surface area (Å²) in [5.41, 5.74) is 0.817. The summed E-state index contributed by atoms with van der Waals surface area (Å²) in [7, 11) is 0. The molecule has 3 fully saturated rings. The Morgan fingerprint density at radius 3 is 2.83 bits per heavy atom. The average molecular weight is 315 g/mol. The molecule has 0 spiro atoms. The molecule has 5 nitrogen and oxygen atoms in total. The highest BCUT2D eigenvalue weighted by Gasteiger charge is 2.57. The van der Waals surface area contributed by atoms with E-state index in [-0.39, 0.29) is 17.4 Å². The Morgan fingerprint density at radius 1 is 1.39 bits per heavy atom. The van der Waals surface area contributed by atoms with Gasteiger partial charge in [0.2, 0.25) is 11.8 Å². The summed E-state index contributed by atoms with van der Waals surface area (Å²) in [6.45, 7) is 6.44. The van der Waals surface area contributed by atoms with E-state index in [2.05, 4.69) is 21.7 Å². The van der Waals surface area contributed by atoms with Crippen LogP contribution in [-0.4, -0.2) is 36.1 Å². The molecule has 0 aromatic carbocycles. The van der Waals surface area contributed by atoms with Gasteiger partial charge in [0.15, 0.2) is 0 Å². The number of pyridine rings is 1. The lowest BCUT2D eigenvalue weighted by molar-refractivity contribution is -0.125. The number of fused-ring (bicyclic) bond motifs is 1. The molecule has 0 radical (unpaired) electrons. The molecule has 1 aromatic heterocycles. The molecule has 1 saturated heterocycles. The number of hydrogen-bond acceptors (Lipinski definition) is 4. The molecule has 3 aliphatic rings. The van der Waals surface area contributed by atoms with Crippen LogP contribution in [0.5, 0.6) is 5.88 Å². The molecule has 2 saturated carbocycles. The summed E-state index contributed by atoms with van der Waals surface area (Å²) in [4.78, 5) is 16.8. The first kappa shape index (κ1) is 14.9. The molecule has 4 rings (SSSR count). The van der Waals surface area contributed by atoms with Gasteiger partial charge in [0.1, 0.15) is 6.61 Å². The minimum atomic E-state index is -0.389. The smallest absolute Gasteiger partial charge is 0.224 e. The molecule has 23 heavy (non-hydrogen) atoms. The third-order valence-electron chi connectivity index (χ3n) is 5.24. The zero-order chi connectivity index (χ0) is 16.0. The lowest BCUT2D eigenvalue weighted by atomic mass is 10.1. The molecule has 0 bridgehead atoms. The van der Waals surface area contributed by atoms with Gasteiger partial charge in [-0.15, -0.1) is 0 Å². The summed E-state index contributed by atoms with van der Waals surface area (Å²) in [6.07, 6.45) is 4.21. The molecule has 1 amide bonds. The highest BCUT2D eigenvalue weighted by molar-refractivity contribution is 5.83. The number of rotatable bonds is 6. The van der Waals surface area contributed by atoms with Gasteiger partial charge < -0.3 is 15.4 Å². The molecular formula is C18H25N3O2. The summed E-state index contributed by atoms with van der Waals surface area (Å²) in [6, 6.07) is 4.07. The summed E-state index contributed by atoms with van der Waals surface area (Å²) < 4.78 is 5.96. The zero-order valence-corrected chi connectivity index (χ0v) is 13.8. The minimum absolute atomic E-state index is 0.179. The predicted octanol–water partition coefficient (Wildman–Crippen LogP) is 1.70. The molecule has 1 aromatic rings. The molecule has 1 aliphatic heterocycles. The number of ether oxygens (including phenoxy) is 1. The van der Waals surface area contributed by atoms with Crippen LogP contribution in [0.1, 0.15) is 38.2 Å². The van der Waals surface area contributed by atoms with E-state index in [4.69, 9.17) is 4.74 Å². The van der Waals surface area contributed by atoms with Gasteiger partial charge in [-0.2, -0.15) is 0 Å². The Kier molecular flexibility index (Phi) is 3.56. The van der Waals surface area contributed by atoms with Gasteiger partial charge in [0, 0.05) is 17.7 Å². The van der Waals surface area contributed by atoms with Crippen molar-refractivity contribution in [2.45, 2.75) is 38.1 Å². The lowest BCUT2D eigenvalue weighted by Gasteiger charge is -2.27. The third-order valence-corrected chi connectivity index (χ3v) is 5.24. The monoisotopic (exact) mass is 315 g/mol. The number of nitrogens with one attached hydrogen (secondary N) is 2. The lowest BCUT2D eigenvalue weighted by Crippen LogP contribution is -2.49. The van der Waals surface area contributed by atoms with Crippen molar-refractivity contribution in [2.75, 3.05) is 19.7 Å². The van der Waals surface area contributed by atoms with Gasteiger partial charge in [0.05, 0.1) is 5.54 Å². The Labute approximate surface area is 137 Å². The minimum Gasteiger partial charge on any atom is -0.475 e. The average Bonchev–Trinajstić information content (AvgIpc) is 3.43. The van der Waals surface area contributed by atoms with Gasteiger partial charge in [-0.25, -0.2) is 4.98 Å². The predicted molar refractivity (Wildman–Crippen MR) is 87.3 cm³/mol. The number of hydrogen-bond donors (Lipinski definition) is 2. The molecule has 3 atom stereocenters. The molecular weight excluding hydrogens is 290 g/mol. The maximum atomic E-state index is 12.4. The van der Waals surface area contributed by atoms with Crippen molar-refractivity contribution in [3.63, 3.8) is 0 Å². The van der Waals surface area contributed by atoms with Crippen LogP contribution in [0, 0.1) is 17.8 Å². The number of piperidine rings is 1.